The molecule has 0 radical (unpaired) electrons. The van der Waals surface area contributed by atoms with Crippen LogP contribution in [0.15, 0.2) is 133 Å². The van der Waals surface area contributed by atoms with Crippen LogP contribution < -0.4 is 0 Å². The summed E-state index contributed by atoms with van der Waals surface area (Å²) in [6.45, 7) is 0. The Balaban J connectivity index is 1.36. The van der Waals surface area contributed by atoms with Crippen LogP contribution in [0.4, 0.5) is 0 Å². The fourth-order valence-corrected chi connectivity index (χ4v) is 7.11. The third-order valence-electron chi connectivity index (χ3n) is 7.86. The molecule has 186 valence electrons. The van der Waals surface area contributed by atoms with Crippen molar-refractivity contribution in [2.45, 2.75) is 0 Å². The Kier molecular flexibility index (Phi) is 5.10. The first-order chi connectivity index (χ1) is 19.8. The Morgan fingerprint density at radius 2 is 1.02 bits per heavy atom. The van der Waals surface area contributed by atoms with Gasteiger partial charge in [-0.2, -0.15) is 5.26 Å². The molecule has 0 unspecified atom stereocenters. The topological polar surface area (TPSA) is 28.7 Å². The zero-order valence-corrected chi connectivity index (χ0v) is 22.3. The van der Waals surface area contributed by atoms with Crippen LogP contribution >= 0.6 is 11.3 Å². The van der Waals surface area contributed by atoms with E-state index in [-0.39, 0.29) is 0 Å². The number of para-hydroxylation sites is 3. The zero-order chi connectivity index (χ0) is 26.6. The van der Waals surface area contributed by atoms with Crippen molar-refractivity contribution in [1.29, 1.82) is 5.26 Å². The fraction of sp³-hybridized carbons (Fsp3) is 0. The molecule has 0 saturated carbocycles. The van der Waals surface area contributed by atoms with Crippen molar-refractivity contribution in [2.24, 2.45) is 0 Å². The monoisotopic (exact) mass is 526 g/mol. The fourth-order valence-electron chi connectivity index (χ4n) is 6.04. The van der Waals surface area contributed by atoms with E-state index < -0.39 is 0 Å². The van der Waals surface area contributed by atoms with Gasteiger partial charge in [0.15, 0.2) is 0 Å². The predicted octanol–water partition coefficient (Wildman–Crippen LogP) is 10.4. The molecule has 2 nitrogen and oxygen atoms in total. The maximum atomic E-state index is 9.67. The highest BCUT2D eigenvalue weighted by molar-refractivity contribution is 7.25. The average Bonchev–Trinajstić information content (AvgIpc) is 3.56. The van der Waals surface area contributed by atoms with Gasteiger partial charge in [0.1, 0.15) is 0 Å². The molecular formula is C37H22N2S. The lowest BCUT2D eigenvalue weighted by molar-refractivity contribution is 1.18. The summed E-state index contributed by atoms with van der Waals surface area (Å²) < 4.78 is 4.91. The van der Waals surface area contributed by atoms with Crippen LogP contribution in [0.25, 0.3) is 69.9 Å². The van der Waals surface area contributed by atoms with E-state index >= 15 is 0 Å². The first-order valence-corrected chi connectivity index (χ1v) is 14.2. The second kappa shape index (κ2) is 8.95. The summed E-state index contributed by atoms with van der Waals surface area (Å²) in [7, 11) is 0. The lowest BCUT2D eigenvalue weighted by Gasteiger charge is -2.14. The van der Waals surface area contributed by atoms with E-state index in [1.165, 1.54) is 58.8 Å². The molecule has 40 heavy (non-hydrogen) atoms. The Bertz CT molecular complexity index is 2240. The Labute approximate surface area is 235 Å². The predicted molar refractivity (Wildman–Crippen MR) is 169 cm³/mol. The molecule has 2 heterocycles. The molecule has 0 aliphatic heterocycles. The van der Waals surface area contributed by atoms with Gasteiger partial charge in [0.25, 0.3) is 0 Å². The van der Waals surface area contributed by atoms with Crippen LogP contribution in [-0.2, 0) is 0 Å². The van der Waals surface area contributed by atoms with Crippen molar-refractivity contribution in [3.63, 3.8) is 0 Å². The van der Waals surface area contributed by atoms with E-state index in [0.29, 0.717) is 5.56 Å². The molecule has 8 rings (SSSR count). The van der Waals surface area contributed by atoms with E-state index in [1.54, 1.807) is 0 Å². The lowest BCUT2D eigenvalue weighted by atomic mass is 9.97. The molecule has 3 heteroatoms. The average molecular weight is 527 g/mol. The van der Waals surface area contributed by atoms with Gasteiger partial charge in [-0.3, -0.25) is 0 Å². The van der Waals surface area contributed by atoms with Gasteiger partial charge >= 0.3 is 0 Å². The van der Waals surface area contributed by atoms with Gasteiger partial charge in [-0.25, -0.2) is 0 Å². The number of benzene rings is 6. The molecule has 0 saturated heterocycles. The van der Waals surface area contributed by atoms with Crippen molar-refractivity contribution >= 4 is 53.3 Å². The van der Waals surface area contributed by atoms with Crippen LogP contribution in [0.2, 0.25) is 0 Å². The standard InChI is InChI=1S/C37H22N2S/c38-23-26-9-1-2-10-27(26)24-17-19-36-31(21-24)32-22-25(18-20-37(32)40-36)28-11-3-6-14-33(28)39-34-15-7-4-12-29(34)30-13-5-8-16-35(30)39/h1-22H. The van der Waals surface area contributed by atoms with E-state index in [0.717, 1.165) is 11.1 Å². The van der Waals surface area contributed by atoms with Crippen LogP contribution in [0, 0.1) is 11.3 Å². The smallest absolute Gasteiger partial charge is 0.0998 e. The number of nitriles is 1. The molecule has 0 aliphatic rings. The molecular weight excluding hydrogens is 504 g/mol. The SMILES string of the molecule is N#Cc1ccccc1-c1ccc2sc3ccc(-c4ccccc4-n4c5ccccc5c5ccccc54)cc3c2c1. The maximum absolute atomic E-state index is 9.67. The first kappa shape index (κ1) is 22.8. The number of thiophene rings is 1. The normalized spacial score (nSPS) is 11.5. The summed E-state index contributed by atoms with van der Waals surface area (Å²) in [5.74, 6) is 0. The van der Waals surface area contributed by atoms with Crippen LogP contribution in [0.3, 0.4) is 0 Å². The Morgan fingerprint density at radius 1 is 0.500 bits per heavy atom. The highest BCUT2D eigenvalue weighted by Gasteiger charge is 2.16. The third kappa shape index (κ3) is 3.41. The maximum Gasteiger partial charge on any atom is 0.0998 e. The number of hydrogen-bond donors (Lipinski definition) is 0. The van der Waals surface area contributed by atoms with Crippen molar-refractivity contribution in [2.75, 3.05) is 0 Å². The summed E-state index contributed by atoms with van der Waals surface area (Å²) in [5.41, 5.74) is 8.70. The molecule has 0 fully saturated rings. The summed E-state index contributed by atoms with van der Waals surface area (Å²) in [4.78, 5) is 0. The number of nitrogens with zero attached hydrogens (tertiary/aromatic N) is 2. The van der Waals surface area contributed by atoms with Gasteiger partial charge in [0, 0.05) is 36.5 Å². The highest BCUT2D eigenvalue weighted by atomic mass is 32.1. The second-order valence-electron chi connectivity index (χ2n) is 10.1. The quantitative estimate of drug-likeness (QED) is 0.225. The molecule has 0 aliphatic carbocycles. The van der Waals surface area contributed by atoms with Crippen molar-refractivity contribution in [3.05, 3.63) is 139 Å². The molecule has 0 amide bonds. The molecule has 0 spiro atoms. The zero-order valence-electron chi connectivity index (χ0n) is 21.5. The minimum Gasteiger partial charge on any atom is -0.309 e. The Morgan fingerprint density at radius 3 is 1.68 bits per heavy atom. The first-order valence-electron chi connectivity index (χ1n) is 13.3. The van der Waals surface area contributed by atoms with Gasteiger partial charge in [-0.05, 0) is 65.2 Å². The second-order valence-corrected chi connectivity index (χ2v) is 11.2. The number of fused-ring (bicyclic) bond motifs is 6. The van der Waals surface area contributed by atoms with E-state index in [9.17, 15) is 5.26 Å². The third-order valence-corrected chi connectivity index (χ3v) is 9.02. The molecule has 0 atom stereocenters. The van der Waals surface area contributed by atoms with Crippen molar-refractivity contribution in [1.82, 2.24) is 4.57 Å². The van der Waals surface area contributed by atoms with Crippen LogP contribution in [0.5, 0.6) is 0 Å². The van der Waals surface area contributed by atoms with Gasteiger partial charge in [-0.15, -0.1) is 11.3 Å². The van der Waals surface area contributed by atoms with Gasteiger partial charge < -0.3 is 4.57 Å². The number of hydrogen-bond acceptors (Lipinski definition) is 2. The molecule has 6 aromatic carbocycles. The van der Waals surface area contributed by atoms with Crippen molar-refractivity contribution in [3.8, 4) is 34.0 Å². The van der Waals surface area contributed by atoms with Crippen LogP contribution in [-0.4, -0.2) is 4.57 Å². The number of aromatic nitrogens is 1. The van der Waals surface area contributed by atoms with Crippen molar-refractivity contribution < 1.29 is 0 Å². The number of rotatable bonds is 3. The highest BCUT2D eigenvalue weighted by Crippen LogP contribution is 2.41. The van der Waals surface area contributed by atoms with E-state index in [2.05, 4.69) is 120 Å². The minimum absolute atomic E-state index is 0.696. The molecule has 2 aromatic heterocycles. The van der Waals surface area contributed by atoms with Gasteiger partial charge in [0.2, 0.25) is 0 Å². The van der Waals surface area contributed by atoms with Gasteiger partial charge in [0.05, 0.1) is 28.4 Å². The molecule has 0 bridgehead atoms. The summed E-state index contributed by atoms with van der Waals surface area (Å²) >= 11 is 1.81. The van der Waals surface area contributed by atoms with E-state index in [1.807, 2.05) is 35.6 Å². The molecule has 8 aromatic rings. The summed E-state index contributed by atoms with van der Waals surface area (Å²) in [6.07, 6.45) is 0. The minimum atomic E-state index is 0.696. The summed E-state index contributed by atoms with van der Waals surface area (Å²) in [6, 6.07) is 49.6. The van der Waals surface area contributed by atoms with Gasteiger partial charge in [-0.1, -0.05) is 84.9 Å². The summed E-state index contributed by atoms with van der Waals surface area (Å²) in [5, 5.41) is 14.7. The molecule has 0 N–H and O–H groups in total. The lowest BCUT2D eigenvalue weighted by Crippen LogP contribution is -1.96. The largest absolute Gasteiger partial charge is 0.309 e. The van der Waals surface area contributed by atoms with Crippen LogP contribution in [0.1, 0.15) is 5.56 Å². The van der Waals surface area contributed by atoms with E-state index in [4.69, 9.17) is 0 Å². The Hall–Kier alpha value is -5.17.